The van der Waals surface area contributed by atoms with Gasteiger partial charge in [0, 0.05) is 54.9 Å². The smallest absolute Gasteiger partial charge is 0.124 e. The van der Waals surface area contributed by atoms with Gasteiger partial charge >= 0.3 is 0 Å². The van der Waals surface area contributed by atoms with Gasteiger partial charge in [0.15, 0.2) is 0 Å². The van der Waals surface area contributed by atoms with E-state index in [0.29, 0.717) is 18.0 Å². The maximum absolute atomic E-state index is 10.2. The number of aromatic nitrogens is 4. The van der Waals surface area contributed by atoms with E-state index in [4.69, 9.17) is 14.5 Å². The van der Waals surface area contributed by atoms with Crippen LogP contribution in [0, 0.1) is 0 Å². The molecule has 4 aromatic rings. The van der Waals surface area contributed by atoms with Gasteiger partial charge in [0.05, 0.1) is 49.4 Å². The van der Waals surface area contributed by atoms with Gasteiger partial charge in [0.2, 0.25) is 0 Å². The molecule has 1 unspecified atom stereocenters. The molecule has 8 nitrogen and oxygen atoms in total. The Bertz CT molecular complexity index is 1180. The number of ether oxygens (including phenoxy) is 2. The van der Waals surface area contributed by atoms with Crippen LogP contribution in [0.15, 0.2) is 55.0 Å². The first-order valence-electron chi connectivity index (χ1n) is 9.91. The number of hydrogen-bond acceptors (Lipinski definition) is 7. The first kappa shape index (κ1) is 20.6. The van der Waals surface area contributed by atoms with E-state index in [0.717, 1.165) is 33.7 Å². The molecule has 160 valence electrons. The summed E-state index contributed by atoms with van der Waals surface area (Å²) in [4.78, 5) is 11.3. The molecule has 4 rings (SSSR count). The highest BCUT2D eigenvalue weighted by Gasteiger charge is 2.16. The van der Waals surface area contributed by atoms with E-state index in [2.05, 4.69) is 10.1 Å². The van der Waals surface area contributed by atoms with Crippen molar-refractivity contribution < 1.29 is 14.6 Å². The Balaban J connectivity index is 1.80. The maximum atomic E-state index is 10.2. The summed E-state index contributed by atoms with van der Waals surface area (Å²) < 4.78 is 12.6. The largest absolute Gasteiger partial charge is 0.497 e. The van der Waals surface area contributed by atoms with Gasteiger partial charge in [-0.2, -0.15) is 5.10 Å². The van der Waals surface area contributed by atoms with E-state index < -0.39 is 6.10 Å². The van der Waals surface area contributed by atoms with Crippen LogP contribution < -0.4 is 14.4 Å². The number of benzene rings is 2. The van der Waals surface area contributed by atoms with Gasteiger partial charge in [0.1, 0.15) is 11.5 Å². The lowest BCUT2D eigenvalue weighted by Crippen LogP contribution is -2.26. The zero-order valence-corrected chi connectivity index (χ0v) is 18.0. The average Bonchev–Trinajstić information content (AvgIpc) is 3.22. The Labute approximate surface area is 180 Å². The molecule has 2 aromatic carbocycles. The Morgan fingerprint density at radius 3 is 2.35 bits per heavy atom. The zero-order valence-electron chi connectivity index (χ0n) is 18.0. The minimum absolute atomic E-state index is 0.386. The lowest BCUT2D eigenvalue weighted by atomic mass is 10.1. The predicted molar refractivity (Wildman–Crippen MR) is 120 cm³/mol. The van der Waals surface area contributed by atoms with Crippen molar-refractivity contribution in [3.63, 3.8) is 0 Å². The van der Waals surface area contributed by atoms with Gasteiger partial charge in [0.25, 0.3) is 0 Å². The van der Waals surface area contributed by atoms with Gasteiger partial charge in [-0.05, 0) is 25.1 Å². The molecular weight excluding hydrogens is 394 g/mol. The SMILES string of the molecule is COc1cc(OC)cc(N(CC(C)O)c2ccc3ncc(-c4cnn(C)c4)nc3c2)c1. The molecule has 0 saturated heterocycles. The van der Waals surface area contributed by atoms with Crippen LogP contribution in [0.2, 0.25) is 0 Å². The van der Waals surface area contributed by atoms with Gasteiger partial charge in [-0.25, -0.2) is 4.98 Å². The van der Waals surface area contributed by atoms with E-state index in [1.807, 2.05) is 54.5 Å². The first-order chi connectivity index (χ1) is 15.0. The van der Waals surface area contributed by atoms with Crippen LogP contribution in [-0.2, 0) is 7.05 Å². The van der Waals surface area contributed by atoms with Crippen LogP contribution >= 0.6 is 0 Å². The summed E-state index contributed by atoms with van der Waals surface area (Å²) in [5.41, 5.74) is 4.92. The van der Waals surface area contributed by atoms with Crippen molar-refractivity contribution in [3.05, 3.63) is 55.0 Å². The van der Waals surface area contributed by atoms with Crippen LogP contribution in [0.4, 0.5) is 11.4 Å². The summed E-state index contributed by atoms with van der Waals surface area (Å²) in [6.07, 6.45) is 4.87. The fourth-order valence-corrected chi connectivity index (χ4v) is 3.43. The number of methoxy groups -OCH3 is 2. The standard InChI is InChI=1S/C23H25N5O3/c1-15(29)13-28(18-7-19(30-3)10-20(8-18)31-4)17-5-6-21-22(9-17)26-23(12-24-21)16-11-25-27(2)14-16/h5-12,14-15,29H,13H2,1-4H3. The van der Waals surface area contributed by atoms with Crippen LogP contribution in [-0.4, -0.2) is 51.7 Å². The summed E-state index contributed by atoms with van der Waals surface area (Å²) in [6.45, 7) is 2.14. The van der Waals surface area contributed by atoms with Crippen molar-refractivity contribution in [1.29, 1.82) is 0 Å². The minimum atomic E-state index is -0.555. The molecule has 0 saturated carbocycles. The summed E-state index contributed by atoms with van der Waals surface area (Å²) in [5, 5.41) is 14.4. The molecule has 0 bridgehead atoms. The minimum Gasteiger partial charge on any atom is -0.497 e. The molecule has 0 aliphatic rings. The topological polar surface area (TPSA) is 85.5 Å². The number of rotatable bonds is 7. The van der Waals surface area contributed by atoms with Crippen molar-refractivity contribution >= 4 is 22.4 Å². The number of fused-ring (bicyclic) bond motifs is 1. The number of nitrogens with zero attached hydrogens (tertiary/aromatic N) is 5. The normalized spacial score (nSPS) is 12.0. The number of hydrogen-bond donors (Lipinski definition) is 1. The van der Waals surface area contributed by atoms with Crippen LogP contribution in [0.1, 0.15) is 6.92 Å². The zero-order chi connectivity index (χ0) is 22.0. The molecule has 0 amide bonds. The summed E-state index contributed by atoms with van der Waals surface area (Å²) in [6, 6.07) is 11.5. The summed E-state index contributed by atoms with van der Waals surface area (Å²) >= 11 is 0. The highest BCUT2D eigenvalue weighted by molar-refractivity contribution is 5.82. The van der Waals surface area contributed by atoms with Crippen LogP contribution in [0.5, 0.6) is 11.5 Å². The van der Waals surface area contributed by atoms with E-state index in [-0.39, 0.29) is 0 Å². The van der Waals surface area contributed by atoms with Crippen molar-refractivity contribution in [2.24, 2.45) is 7.05 Å². The lowest BCUT2D eigenvalue weighted by molar-refractivity contribution is 0.203. The third-order valence-corrected chi connectivity index (χ3v) is 4.93. The first-order valence-corrected chi connectivity index (χ1v) is 9.91. The number of aliphatic hydroxyl groups is 1. The summed E-state index contributed by atoms with van der Waals surface area (Å²) in [7, 11) is 5.10. The Morgan fingerprint density at radius 2 is 1.74 bits per heavy atom. The third-order valence-electron chi connectivity index (χ3n) is 4.93. The van der Waals surface area contributed by atoms with Gasteiger partial charge in [-0.3, -0.25) is 9.67 Å². The second-order valence-corrected chi connectivity index (χ2v) is 7.36. The van der Waals surface area contributed by atoms with E-state index in [1.54, 1.807) is 38.2 Å². The molecule has 8 heteroatoms. The highest BCUT2D eigenvalue weighted by atomic mass is 16.5. The molecule has 2 heterocycles. The quantitative estimate of drug-likeness (QED) is 0.490. The van der Waals surface area contributed by atoms with E-state index in [9.17, 15) is 5.11 Å². The molecule has 31 heavy (non-hydrogen) atoms. The highest BCUT2D eigenvalue weighted by Crippen LogP contribution is 2.34. The monoisotopic (exact) mass is 419 g/mol. The van der Waals surface area contributed by atoms with E-state index >= 15 is 0 Å². The third kappa shape index (κ3) is 4.44. The molecule has 0 radical (unpaired) electrons. The van der Waals surface area contributed by atoms with Crippen LogP contribution in [0.25, 0.3) is 22.3 Å². The fraction of sp³-hybridized carbons (Fsp3) is 0.261. The van der Waals surface area contributed by atoms with E-state index in [1.165, 1.54) is 0 Å². The number of aryl methyl sites for hydroxylation is 1. The van der Waals surface area contributed by atoms with Gasteiger partial charge in [-0.15, -0.1) is 0 Å². The number of aliphatic hydroxyl groups excluding tert-OH is 1. The lowest BCUT2D eigenvalue weighted by Gasteiger charge is -2.27. The molecular formula is C23H25N5O3. The van der Waals surface area contributed by atoms with Crippen molar-refractivity contribution in [2.45, 2.75) is 13.0 Å². The van der Waals surface area contributed by atoms with Crippen molar-refractivity contribution in [1.82, 2.24) is 19.7 Å². The molecule has 0 fully saturated rings. The second kappa shape index (κ2) is 8.61. The Kier molecular flexibility index (Phi) is 5.73. The van der Waals surface area contributed by atoms with Crippen molar-refractivity contribution in [3.8, 4) is 22.8 Å². The van der Waals surface area contributed by atoms with Gasteiger partial charge in [-0.1, -0.05) is 0 Å². The molecule has 0 aliphatic carbocycles. The number of anilines is 2. The average molecular weight is 419 g/mol. The molecule has 1 N–H and O–H groups in total. The molecule has 0 aliphatic heterocycles. The Hall–Kier alpha value is -3.65. The molecule has 2 aromatic heterocycles. The second-order valence-electron chi connectivity index (χ2n) is 7.36. The fourth-order valence-electron chi connectivity index (χ4n) is 3.43. The van der Waals surface area contributed by atoms with Gasteiger partial charge < -0.3 is 19.5 Å². The van der Waals surface area contributed by atoms with Crippen molar-refractivity contribution in [2.75, 3.05) is 25.7 Å². The molecule has 1 atom stereocenters. The molecule has 0 spiro atoms. The van der Waals surface area contributed by atoms with Crippen LogP contribution in [0.3, 0.4) is 0 Å². The summed E-state index contributed by atoms with van der Waals surface area (Å²) in [5.74, 6) is 1.34. The predicted octanol–water partition coefficient (Wildman–Crippen LogP) is 3.57. The Morgan fingerprint density at radius 1 is 1.00 bits per heavy atom. The maximum Gasteiger partial charge on any atom is 0.124 e.